The lowest BCUT2D eigenvalue weighted by Gasteiger charge is -2.43. The third-order valence-electron chi connectivity index (χ3n) is 6.64. The summed E-state index contributed by atoms with van der Waals surface area (Å²) in [4.78, 5) is 30.3. The van der Waals surface area contributed by atoms with Gasteiger partial charge in [0, 0.05) is 29.4 Å². The Balaban J connectivity index is 1.83. The zero-order valence-corrected chi connectivity index (χ0v) is 22.8. The zero-order valence-electron chi connectivity index (χ0n) is 22.0. The number of thiocarbonyl (C=S) groups is 1. The van der Waals surface area contributed by atoms with Crippen molar-refractivity contribution in [2.24, 2.45) is 0 Å². The van der Waals surface area contributed by atoms with E-state index in [1.807, 2.05) is 44.2 Å². The van der Waals surface area contributed by atoms with E-state index in [1.165, 1.54) is 4.90 Å². The molecule has 0 atom stereocenters. The highest BCUT2D eigenvalue weighted by Crippen LogP contribution is 2.43. The molecule has 2 amide bonds. The first kappa shape index (κ1) is 25.6. The minimum absolute atomic E-state index is 0.00388. The molecule has 0 radical (unpaired) electrons. The van der Waals surface area contributed by atoms with Gasteiger partial charge in [-0.25, -0.2) is 0 Å². The summed E-state index contributed by atoms with van der Waals surface area (Å²) in [6, 6.07) is 9.79. The van der Waals surface area contributed by atoms with Gasteiger partial charge < -0.3 is 9.64 Å². The maximum absolute atomic E-state index is 13.6. The molecule has 2 heterocycles. The van der Waals surface area contributed by atoms with Crippen LogP contribution in [0, 0.1) is 13.8 Å². The number of anilines is 2. The van der Waals surface area contributed by atoms with Crippen LogP contribution in [0.15, 0.2) is 42.0 Å². The number of hydrogen-bond donors (Lipinski definition) is 1. The molecular weight excluding hydrogens is 470 g/mol. The van der Waals surface area contributed by atoms with Gasteiger partial charge >= 0.3 is 0 Å². The predicted molar refractivity (Wildman–Crippen MR) is 150 cm³/mol. The number of ether oxygens (including phenoxy) is 1. The molecule has 2 aliphatic heterocycles. The molecule has 0 unspecified atom stereocenters. The number of hydrogen-bond acceptors (Lipinski definition) is 5. The molecule has 36 heavy (non-hydrogen) atoms. The molecule has 4 rings (SSSR count). The highest BCUT2D eigenvalue weighted by Gasteiger charge is 2.36. The monoisotopic (exact) mass is 503 g/mol. The first-order chi connectivity index (χ1) is 17.0. The van der Waals surface area contributed by atoms with Gasteiger partial charge in [-0.05, 0) is 94.2 Å². The number of methoxy groups -OCH3 is 1. The van der Waals surface area contributed by atoms with E-state index in [-0.39, 0.29) is 16.2 Å². The Morgan fingerprint density at radius 1 is 1.06 bits per heavy atom. The summed E-state index contributed by atoms with van der Waals surface area (Å²) in [6.45, 7) is 13.5. The number of nitrogens with zero attached hydrogens (tertiary/aromatic N) is 2. The second-order valence-electron chi connectivity index (χ2n) is 10.0. The lowest BCUT2D eigenvalue weighted by Crippen LogP contribution is -2.54. The molecule has 1 N–H and O–H groups in total. The number of rotatable bonds is 5. The van der Waals surface area contributed by atoms with Gasteiger partial charge in [-0.3, -0.25) is 19.8 Å². The van der Waals surface area contributed by atoms with Crippen molar-refractivity contribution < 1.29 is 14.3 Å². The summed E-state index contributed by atoms with van der Waals surface area (Å²) in [6.07, 6.45) is 4.87. The number of allylic oxidation sites excluding steroid dienone is 1. The Morgan fingerprint density at radius 2 is 1.72 bits per heavy atom. The molecule has 188 valence electrons. The number of carbonyl (C=O) groups is 2. The van der Waals surface area contributed by atoms with Crippen LogP contribution in [0.25, 0.3) is 11.6 Å². The Kier molecular flexibility index (Phi) is 6.80. The normalized spacial score (nSPS) is 18.2. The molecule has 1 saturated heterocycles. The lowest BCUT2D eigenvalue weighted by molar-refractivity contribution is -0.122. The number of fused-ring (bicyclic) bond motifs is 1. The maximum Gasteiger partial charge on any atom is 0.270 e. The van der Waals surface area contributed by atoms with Gasteiger partial charge in [-0.1, -0.05) is 19.1 Å². The van der Waals surface area contributed by atoms with Crippen molar-refractivity contribution in [1.82, 2.24) is 5.32 Å². The summed E-state index contributed by atoms with van der Waals surface area (Å²) >= 11 is 5.38. The molecular formula is C29H33N3O3S. The Morgan fingerprint density at radius 3 is 2.33 bits per heavy atom. The molecule has 7 heteroatoms. The van der Waals surface area contributed by atoms with Crippen molar-refractivity contribution in [3.05, 3.63) is 64.2 Å². The predicted octanol–water partition coefficient (Wildman–Crippen LogP) is 5.56. The number of benzene rings is 2. The van der Waals surface area contributed by atoms with E-state index in [0.29, 0.717) is 17.0 Å². The van der Waals surface area contributed by atoms with Gasteiger partial charge in [0.05, 0.1) is 18.3 Å². The fourth-order valence-corrected chi connectivity index (χ4v) is 5.45. The molecule has 0 aromatic heterocycles. The largest absolute Gasteiger partial charge is 0.496 e. The van der Waals surface area contributed by atoms with Crippen LogP contribution in [0.2, 0.25) is 0 Å². The lowest BCUT2D eigenvalue weighted by atomic mass is 9.87. The first-order valence-electron chi connectivity index (χ1n) is 12.2. The molecule has 1 fully saturated rings. The molecule has 0 saturated carbocycles. The zero-order chi connectivity index (χ0) is 26.4. The van der Waals surface area contributed by atoms with Crippen LogP contribution in [-0.2, 0) is 9.59 Å². The minimum Gasteiger partial charge on any atom is -0.496 e. The number of carbonyl (C=O) groups excluding carboxylic acids is 2. The minimum atomic E-state index is -0.522. The molecule has 2 aliphatic rings. The van der Waals surface area contributed by atoms with Crippen molar-refractivity contribution in [1.29, 1.82) is 0 Å². The van der Waals surface area contributed by atoms with E-state index in [4.69, 9.17) is 17.0 Å². The van der Waals surface area contributed by atoms with Gasteiger partial charge in [0.15, 0.2) is 5.11 Å². The smallest absolute Gasteiger partial charge is 0.270 e. The van der Waals surface area contributed by atoms with Crippen molar-refractivity contribution in [3.63, 3.8) is 0 Å². The van der Waals surface area contributed by atoms with Gasteiger partial charge in [0.1, 0.15) is 11.3 Å². The fraction of sp³-hybridized carbons (Fsp3) is 0.345. The molecule has 2 aromatic rings. The Labute approximate surface area is 218 Å². The topological polar surface area (TPSA) is 61.9 Å². The Hall–Kier alpha value is -3.45. The molecule has 0 aliphatic carbocycles. The van der Waals surface area contributed by atoms with Crippen LogP contribution in [-0.4, -0.2) is 36.1 Å². The Bertz CT molecular complexity index is 1320. The third-order valence-corrected chi connectivity index (χ3v) is 6.93. The van der Waals surface area contributed by atoms with Crippen molar-refractivity contribution in [3.8, 4) is 5.75 Å². The van der Waals surface area contributed by atoms with Crippen LogP contribution in [0.5, 0.6) is 5.75 Å². The average molecular weight is 504 g/mol. The molecule has 2 aromatic carbocycles. The van der Waals surface area contributed by atoms with E-state index in [1.54, 1.807) is 13.2 Å². The third kappa shape index (κ3) is 4.55. The van der Waals surface area contributed by atoms with Crippen LogP contribution < -0.4 is 19.9 Å². The molecule has 6 nitrogen and oxygen atoms in total. The fourth-order valence-electron chi connectivity index (χ4n) is 5.17. The highest BCUT2D eigenvalue weighted by atomic mass is 32.1. The summed E-state index contributed by atoms with van der Waals surface area (Å²) in [5, 5.41) is 2.75. The number of aryl methyl sites for hydroxylation is 2. The second-order valence-corrected chi connectivity index (χ2v) is 10.4. The van der Waals surface area contributed by atoms with Crippen molar-refractivity contribution in [2.45, 2.75) is 53.5 Å². The first-order valence-corrected chi connectivity index (χ1v) is 12.6. The van der Waals surface area contributed by atoms with Crippen molar-refractivity contribution in [2.75, 3.05) is 23.5 Å². The quantitative estimate of drug-likeness (QED) is 0.329. The van der Waals surface area contributed by atoms with Crippen molar-refractivity contribution >= 4 is 52.2 Å². The van der Waals surface area contributed by atoms with Crippen LogP contribution in [0.4, 0.5) is 11.4 Å². The SMILES string of the molecule is CCCN1c2cc(OC)c(/C=C3/C(=O)NC(=S)N(c4cc(C)cc(C)c4)C3=O)cc2C(C)=CC1(C)C. The van der Waals surface area contributed by atoms with Gasteiger partial charge in [-0.15, -0.1) is 0 Å². The van der Waals surface area contributed by atoms with E-state index in [9.17, 15) is 9.59 Å². The van der Waals surface area contributed by atoms with E-state index >= 15 is 0 Å². The summed E-state index contributed by atoms with van der Waals surface area (Å²) < 4.78 is 5.74. The maximum atomic E-state index is 13.6. The average Bonchev–Trinajstić information content (AvgIpc) is 2.78. The highest BCUT2D eigenvalue weighted by molar-refractivity contribution is 7.80. The second kappa shape index (κ2) is 9.54. The van der Waals surface area contributed by atoms with E-state index < -0.39 is 11.8 Å². The van der Waals surface area contributed by atoms with Crippen LogP contribution in [0.1, 0.15) is 56.4 Å². The van der Waals surface area contributed by atoms with Crippen LogP contribution in [0.3, 0.4) is 0 Å². The summed E-state index contributed by atoms with van der Waals surface area (Å²) in [5.41, 5.74) is 6.43. The number of amides is 2. The van der Waals surface area contributed by atoms with Gasteiger partial charge in [0.25, 0.3) is 11.8 Å². The standard InChI is InChI=1S/C29H33N3O3S/c1-8-9-31-24-15-25(35-7)20(13-22(24)19(4)16-29(31,5)6)14-23-26(33)30-28(36)32(27(23)34)21-11-17(2)10-18(3)12-21/h10-16H,8-9H2,1-7H3,(H,30,33,36)/b23-14-. The van der Waals surface area contributed by atoms with E-state index in [2.05, 4.69) is 44.0 Å². The van der Waals surface area contributed by atoms with Crippen LogP contribution >= 0.6 is 12.2 Å². The van der Waals surface area contributed by atoms with E-state index in [0.717, 1.165) is 40.9 Å². The summed E-state index contributed by atoms with van der Waals surface area (Å²) in [7, 11) is 1.60. The molecule has 0 bridgehead atoms. The summed E-state index contributed by atoms with van der Waals surface area (Å²) in [5.74, 6) is -0.388. The molecule has 0 spiro atoms. The van der Waals surface area contributed by atoms with Gasteiger partial charge in [0.2, 0.25) is 0 Å². The van der Waals surface area contributed by atoms with Gasteiger partial charge in [-0.2, -0.15) is 0 Å². The number of nitrogens with one attached hydrogen (secondary N) is 1.